The van der Waals surface area contributed by atoms with Gasteiger partial charge in [0.2, 0.25) is 0 Å². The van der Waals surface area contributed by atoms with Crippen molar-refractivity contribution in [3.05, 3.63) is 81.1 Å². The van der Waals surface area contributed by atoms with Crippen molar-refractivity contribution in [2.75, 3.05) is 19.7 Å². The van der Waals surface area contributed by atoms with Crippen LogP contribution in [0.5, 0.6) is 17.2 Å². The fraction of sp³-hybridized carbons (Fsp3) is 0.419. The number of hydrogen-bond acceptors (Lipinski definition) is 8. The number of likely N-dealkylation sites (tertiary alicyclic amines) is 1. The highest BCUT2D eigenvalue weighted by Crippen LogP contribution is 2.38. The number of carbonyl (C=O) groups excluding carboxylic acids is 1. The van der Waals surface area contributed by atoms with Crippen molar-refractivity contribution in [2.45, 2.75) is 57.5 Å². The second kappa shape index (κ2) is 14.1. The maximum atomic E-state index is 13.6. The topological polar surface area (TPSA) is 101 Å². The van der Waals surface area contributed by atoms with Crippen LogP contribution in [-0.2, 0) is 17.7 Å². The lowest BCUT2D eigenvalue weighted by Crippen LogP contribution is -2.35. The molecule has 2 aliphatic rings. The van der Waals surface area contributed by atoms with E-state index in [4.69, 9.17) is 32.7 Å². The molecular weight excluding hydrogens is 605 g/mol. The predicted molar refractivity (Wildman–Crippen MR) is 156 cm³/mol. The van der Waals surface area contributed by atoms with E-state index in [0.29, 0.717) is 56.1 Å². The summed E-state index contributed by atoms with van der Waals surface area (Å²) in [5, 5.41) is 20.9. The van der Waals surface area contributed by atoms with Gasteiger partial charge in [-0.25, -0.2) is 4.79 Å². The number of rotatable bonds is 12. The third-order valence-corrected chi connectivity index (χ3v) is 8.21. The number of piperidine rings is 1. The van der Waals surface area contributed by atoms with E-state index < -0.39 is 18.7 Å². The van der Waals surface area contributed by atoms with Gasteiger partial charge in [0, 0.05) is 38.4 Å². The number of aliphatic hydroxyl groups excluding tert-OH is 1. The third-order valence-electron chi connectivity index (χ3n) is 7.56. The Kier molecular flexibility index (Phi) is 10.2. The molecule has 0 amide bonds. The van der Waals surface area contributed by atoms with Gasteiger partial charge in [0.15, 0.2) is 11.5 Å². The molecule has 1 saturated carbocycles. The fourth-order valence-electron chi connectivity index (χ4n) is 4.94. The number of aliphatic hydroxyl groups is 1. The largest absolute Gasteiger partial charge is 0.507 e. The number of hydrogen-bond donors (Lipinski definition) is 2. The number of alkyl halides is 2. The van der Waals surface area contributed by atoms with Gasteiger partial charge in [-0.3, -0.25) is 9.88 Å². The van der Waals surface area contributed by atoms with Crippen LogP contribution in [0, 0.1) is 5.92 Å². The normalized spacial score (nSPS) is 16.7. The number of pyridine rings is 1. The number of esters is 1. The highest BCUT2D eigenvalue weighted by Gasteiger charge is 2.27. The molecule has 0 radical (unpaired) electrons. The lowest BCUT2D eigenvalue weighted by Gasteiger charge is -2.29. The monoisotopic (exact) mass is 636 g/mol. The number of aromatic hydroxyl groups is 1. The molecule has 8 nitrogen and oxygen atoms in total. The molecule has 1 aromatic heterocycles. The van der Waals surface area contributed by atoms with E-state index in [2.05, 4.69) is 14.6 Å². The van der Waals surface area contributed by atoms with Crippen molar-refractivity contribution in [1.82, 2.24) is 9.88 Å². The molecule has 3 aromatic rings. The first-order chi connectivity index (χ1) is 20.7. The summed E-state index contributed by atoms with van der Waals surface area (Å²) >= 11 is 12.8. The number of phenols is 1. The zero-order chi connectivity index (χ0) is 30.5. The zero-order valence-corrected chi connectivity index (χ0v) is 24.7. The molecule has 1 atom stereocenters. The molecule has 12 heteroatoms. The molecule has 0 unspecified atom stereocenters. The van der Waals surface area contributed by atoms with Crippen LogP contribution in [0.25, 0.3) is 0 Å². The summed E-state index contributed by atoms with van der Waals surface area (Å²) in [6.07, 6.45) is 4.88. The molecule has 1 aliphatic heterocycles. The smallest absolute Gasteiger partial charge is 0.387 e. The first-order valence-electron chi connectivity index (χ1n) is 14.1. The first kappa shape index (κ1) is 31.3. The summed E-state index contributed by atoms with van der Waals surface area (Å²) in [5.74, 6) is -0.755. The number of nitrogens with zero attached hydrogens (tertiary/aromatic N) is 2. The van der Waals surface area contributed by atoms with Gasteiger partial charge in [0.25, 0.3) is 0 Å². The Balaban J connectivity index is 1.43. The molecular formula is C31H32Cl2F2N2O6. The molecule has 230 valence electrons. The summed E-state index contributed by atoms with van der Waals surface area (Å²) in [6.45, 7) is -0.748. The molecule has 2 fully saturated rings. The van der Waals surface area contributed by atoms with Crippen LogP contribution in [0.3, 0.4) is 0 Å². The maximum Gasteiger partial charge on any atom is 0.387 e. The summed E-state index contributed by atoms with van der Waals surface area (Å²) in [6, 6.07) is 9.10. The number of halogens is 4. The zero-order valence-electron chi connectivity index (χ0n) is 23.2. The van der Waals surface area contributed by atoms with Crippen LogP contribution in [0.2, 0.25) is 10.0 Å². The Morgan fingerprint density at radius 2 is 1.74 bits per heavy atom. The minimum absolute atomic E-state index is 0.0274. The average molecular weight is 638 g/mol. The van der Waals surface area contributed by atoms with Crippen molar-refractivity contribution >= 4 is 29.2 Å². The highest BCUT2D eigenvalue weighted by atomic mass is 35.5. The summed E-state index contributed by atoms with van der Waals surface area (Å²) in [7, 11) is 0. The Hall–Kier alpha value is -3.18. The predicted octanol–water partition coefficient (Wildman–Crippen LogP) is 6.58. The summed E-state index contributed by atoms with van der Waals surface area (Å²) < 4.78 is 42.7. The first-order valence-corrected chi connectivity index (χ1v) is 14.8. The van der Waals surface area contributed by atoms with Gasteiger partial charge in [-0.05, 0) is 72.6 Å². The molecule has 0 spiro atoms. The van der Waals surface area contributed by atoms with Crippen molar-refractivity contribution in [3.63, 3.8) is 0 Å². The Bertz CT molecular complexity index is 1410. The van der Waals surface area contributed by atoms with E-state index >= 15 is 0 Å². The van der Waals surface area contributed by atoms with E-state index in [1.165, 1.54) is 36.7 Å². The van der Waals surface area contributed by atoms with Crippen LogP contribution in [0.15, 0.2) is 48.8 Å². The van der Waals surface area contributed by atoms with Crippen LogP contribution >= 0.6 is 23.2 Å². The minimum Gasteiger partial charge on any atom is -0.507 e. The second-order valence-corrected chi connectivity index (χ2v) is 11.7. The average Bonchev–Trinajstić information content (AvgIpc) is 3.80. The number of aromatic nitrogens is 1. The summed E-state index contributed by atoms with van der Waals surface area (Å²) in [5.41, 5.74) is 1.65. The Morgan fingerprint density at radius 1 is 1.02 bits per heavy atom. The minimum atomic E-state index is -3.05. The number of carbonyl (C=O) groups is 1. The van der Waals surface area contributed by atoms with E-state index in [-0.39, 0.29) is 45.4 Å². The lowest BCUT2D eigenvalue weighted by atomic mass is 10.0. The molecule has 5 rings (SSSR count). The maximum absolute atomic E-state index is 13.6. The number of benzene rings is 2. The van der Waals surface area contributed by atoms with Gasteiger partial charge < -0.3 is 24.4 Å². The van der Waals surface area contributed by atoms with Crippen molar-refractivity contribution in [3.8, 4) is 17.2 Å². The Morgan fingerprint density at radius 3 is 2.42 bits per heavy atom. The molecule has 2 aromatic carbocycles. The number of ether oxygens (including phenoxy) is 3. The molecule has 2 heterocycles. The third kappa shape index (κ3) is 8.47. The van der Waals surface area contributed by atoms with Gasteiger partial charge in [-0.1, -0.05) is 35.3 Å². The van der Waals surface area contributed by atoms with Crippen molar-refractivity contribution in [1.29, 1.82) is 0 Å². The number of phenolic OH excluding ortho intramolecular Hbond substituents is 1. The van der Waals surface area contributed by atoms with Gasteiger partial charge in [0.1, 0.15) is 17.4 Å². The quantitative estimate of drug-likeness (QED) is 0.215. The van der Waals surface area contributed by atoms with Gasteiger partial charge >= 0.3 is 12.6 Å². The SMILES string of the molecule is O=C(O[C@@H](Cc1c(Cl)cncc1Cl)c1ccc(OC(F)F)c(OCC2CC2)c1)c1cc(CN2CCC(O)CC2)ccc1O. The lowest BCUT2D eigenvalue weighted by molar-refractivity contribution is -0.0515. The van der Waals surface area contributed by atoms with Gasteiger partial charge in [0.05, 0.1) is 22.8 Å². The molecule has 1 saturated heterocycles. The van der Waals surface area contributed by atoms with E-state index in [9.17, 15) is 23.8 Å². The van der Waals surface area contributed by atoms with Crippen molar-refractivity contribution < 1.29 is 38.0 Å². The highest BCUT2D eigenvalue weighted by molar-refractivity contribution is 6.35. The van der Waals surface area contributed by atoms with Crippen LogP contribution in [0.1, 0.15) is 58.8 Å². The standard InChI is InChI=1S/C31H32Cl2F2N2O6/c32-24-14-36-15-25(33)22(24)13-28(20-4-6-27(43-31(34)35)29(12-20)41-17-18-1-2-18)42-30(40)23-11-19(3-5-26(23)39)16-37-9-7-21(38)8-10-37/h3-6,11-12,14-15,18,21,28,31,38-39H,1-2,7-10,13,16-17H2/t28-/m0/s1. The molecule has 43 heavy (non-hydrogen) atoms. The Labute approximate surface area is 258 Å². The fourth-order valence-corrected chi connectivity index (χ4v) is 5.46. The van der Waals surface area contributed by atoms with Gasteiger partial charge in [-0.15, -0.1) is 0 Å². The van der Waals surface area contributed by atoms with Crippen molar-refractivity contribution in [2.24, 2.45) is 5.92 Å². The van der Waals surface area contributed by atoms with Crippen LogP contribution in [-0.4, -0.2) is 58.5 Å². The second-order valence-electron chi connectivity index (χ2n) is 10.9. The van der Waals surface area contributed by atoms with E-state index in [0.717, 1.165) is 18.4 Å². The molecule has 0 bridgehead atoms. The van der Waals surface area contributed by atoms with Crippen LogP contribution < -0.4 is 9.47 Å². The molecule has 1 aliphatic carbocycles. The van der Waals surface area contributed by atoms with E-state index in [1.807, 2.05) is 0 Å². The van der Waals surface area contributed by atoms with Crippen LogP contribution in [0.4, 0.5) is 8.78 Å². The molecule has 2 N–H and O–H groups in total. The summed E-state index contributed by atoms with van der Waals surface area (Å²) in [4.78, 5) is 19.7. The van der Waals surface area contributed by atoms with E-state index in [1.54, 1.807) is 12.1 Å². The van der Waals surface area contributed by atoms with Gasteiger partial charge in [-0.2, -0.15) is 8.78 Å².